The lowest BCUT2D eigenvalue weighted by atomic mass is 10.0. The molecule has 0 aromatic rings. The number of nitrogens with zero attached hydrogens (tertiary/aromatic N) is 1. The fraction of sp³-hybridized carbons (Fsp3) is 0.875. The van der Waals surface area contributed by atoms with Crippen molar-refractivity contribution >= 4 is 5.91 Å². The Hall–Kier alpha value is -0.570. The standard InChI is InChI=1S/C8H18N2O/c1-5-10(4)7(6(2)3)8(9)11/h6-7H,5H2,1-4H3,(H2,9,11)/t7-/m0/s1. The second kappa shape index (κ2) is 4.34. The Kier molecular flexibility index (Phi) is 4.11. The number of amides is 1. The molecule has 0 aliphatic carbocycles. The van der Waals surface area contributed by atoms with Crippen LogP contribution in [0.3, 0.4) is 0 Å². The molecule has 0 aromatic carbocycles. The monoisotopic (exact) mass is 158 g/mol. The zero-order valence-electron chi connectivity index (χ0n) is 7.79. The molecule has 3 nitrogen and oxygen atoms in total. The van der Waals surface area contributed by atoms with Gasteiger partial charge in [0.15, 0.2) is 0 Å². The van der Waals surface area contributed by atoms with Gasteiger partial charge in [0.05, 0.1) is 6.04 Å². The van der Waals surface area contributed by atoms with Gasteiger partial charge in [0.1, 0.15) is 0 Å². The van der Waals surface area contributed by atoms with Gasteiger partial charge in [-0.3, -0.25) is 9.69 Å². The molecule has 11 heavy (non-hydrogen) atoms. The number of nitrogens with two attached hydrogens (primary N) is 1. The fourth-order valence-electron chi connectivity index (χ4n) is 1.25. The maximum atomic E-state index is 10.9. The third-order valence-electron chi connectivity index (χ3n) is 1.90. The molecular formula is C8H18N2O. The highest BCUT2D eigenvalue weighted by molar-refractivity contribution is 5.80. The quantitative estimate of drug-likeness (QED) is 0.645. The molecule has 0 saturated carbocycles. The Morgan fingerprint density at radius 3 is 2.09 bits per heavy atom. The van der Waals surface area contributed by atoms with Crippen molar-refractivity contribution in [3.05, 3.63) is 0 Å². The molecule has 2 N–H and O–H groups in total. The summed E-state index contributed by atoms with van der Waals surface area (Å²) in [7, 11) is 1.91. The largest absolute Gasteiger partial charge is 0.368 e. The number of primary amides is 1. The average Bonchev–Trinajstić information content (AvgIpc) is 1.85. The van der Waals surface area contributed by atoms with Gasteiger partial charge >= 0.3 is 0 Å². The Bertz CT molecular complexity index is 134. The second-order valence-electron chi connectivity index (χ2n) is 3.16. The molecule has 1 amide bonds. The summed E-state index contributed by atoms with van der Waals surface area (Å²) in [5.41, 5.74) is 5.23. The van der Waals surface area contributed by atoms with Gasteiger partial charge in [-0.05, 0) is 19.5 Å². The SMILES string of the molecule is CCN(C)[C@H](C(N)=O)C(C)C. The lowest BCUT2D eigenvalue weighted by molar-refractivity contribution is -0.124. The van der Waals surface area contributed by atoms with Gasteiger partial charge in [0.2, 0.25) is 5.91 Å². The molecule has 0 heterocycles. The summed E-state index contributed by atoms with van der Waals surface area (Å²) in [4.78, 5) is 12.9. The van der Waals surface area contributed by atoms with E-state index in [9.17, 15) is 4.79 Å². The van der Waals surface area contributed by atoms with Crippen molar-refractivity contribution in [2.24, 2.45) is 11.7 Å². The average molecular weight is 158 g/mol. The van der Waals surface area contributed by atoms with Crippen LogP contribution in [0, 0.1) is 5.92 Å². The van der Waals surface area contributed by atoms with Crippen LogP contribution in [0.2, 0.25) is 0 Å². The summed E-state index contributed by atoms with van der Waals surface area (Å²) < 4.78 is 0. The summed E-state index contributed by atoms with van der Waals surface area (Å²) in [6.07, 6.45) is 0. The highest BCUT2D eigenvalue weighted by Crippen LogP contribution is 2.07. The van der Waals surface area contributed by atoms with Crippen molar-refractivity contribution in [2.75, 3.05) is 13.6 Å². The molecule has 0 aliphatic heterocycles. The molecule has 1 atom stereocenters. The van der Waals surface area contributed by atoms with Crippen LogP contribution in [0.25, 0.3) is 0 Å². The summed E-state index contributed by atoms with van der Waals surface area (Å²) in [5, 5.41) is 0. The van der Waals surface area contributed by atoms with Gasteiger partial charge in [-0.25, -0.2) is 0 Å². The van der Waals surface area contributed by atoms with Gasteiger partial charge in [-0.1, -0.05) is 20.8 Å². The first-order chi connectivity index (χ1) is 5.00. The number of likely N-dealkylation sites (N-methyl/N-ethyl adjacent to an activating group) is 1. The minimum Gasteiger partial charge on any atom is -0.368 e. The Morgan fingerprint density at radius 2 is 2.00 bits per heavy atom. The van der Waals surface area contributed by atoms with E-state index in [0.717, 1.165) is 6.54 Å². The van der Waals surface area contributed by atoms with Crippen LogP contribution < -0.4 is 5.73 Å². The zero-order chi connectivity index (χ0) is 9.02. The Morgan fingerprint density at radius 1 is 1.55 bits per heavy atom. The van der Waals surface area contributed by atoms with Gasteiger partial charge in [-0.15, -0.1) is 0 Å². The molecule has 3 heteroatoms. The molecule has 0 bridgehead atoms. The highest BCUT2D eigenvalue weighted by atomic mass is 16.1. The molecule has 0 aromatic heterocycles. The third-order valence-corrected chi connectivity index (χ3v) is 1.90. The Labute approximate surface area is 68.6 Å². The molecule has 0 saturated heterocycles. The van der Waals surface area contributed by atoms with Crippen LogP contribution in [0.4, 0.5) is 0 Å². The molecule has 0 rings (SSSR count). The van der Waals surface area contributed by atoms with Crippen molar-refractivity contribution in [1.29, 1.82) is 0 Å². The van der Waals surface area contributed by atoms with Crippen LogP contribution in [0.1, 0.15) is 20.8 Å². The van der Waals surface area contributed by atoms with Crippen molar-refractivity contribution in [2.45, 2.75) is 26.8 Å². The number of rotatable bonds is 4. The van der Waals surface area contributed by atoms with Crippen LogP contribution in [0.15, 0.2) is 0 Å². The lowest BCUT2D eigenvalue weighted by Gasteiger charge is -2.26. The highest BCUT2D eigenvalue weighted by Gasteiger charge is 2.22. The molecule has 0 fully saturated rings. The van der Waals surface area contributed by atoms with E-state index in [1.54, 1.807) is 0 Å². The van der Waals surface area contributed by atoms with Crippen molar-refractivity contribution in [3.63, 3.8) is 0 Å². The van der Waals surface area contributed by atoms with E-state index < -0.39 is 0 Å². The van der Waals surface area contributed by atoms with E-state index in [1.165, 1.54) is 0 Å². The summed E-state index contributed by atoms with van der Waals surface area (Å²) in [6.45, 7) is 6.87. The summed E-state index contributed by atoms with van der Waals surface area (Å²) in [5.74, 6) is 0.0572. The molecule has 0 spiro atoms. The maximum Gasteiger partial charge on any atom is 0.235 e. The van der Waals surface area contributed by atoms with Gasteiger partial charge in [0, 0.05) is 0 Å². The first-order valence-corrected chi connectivity index (χ1v) is 4.00. The van der Waals surface area contributed by atoms with E-state index in [2.05, 4.69) is 0 Å². The predicted molar refractivity (Wildman–Crippen MR) is 46.1 cm³/mol. The van der Waals surface area contributed by atoms with E-state index in [4.69, 9.17) is 5.73 Å². The molecule has 0 aliphatic rings. The smallest absolute Gasteiger partial charge is 0.235 e. The van der Waals surface area contributed by atoms with Crippen LogP contribution in [-0.2, 0) is 4.79 Å². The summed E-state index contributed by atoms with van der Waals surface area (Å²) in [6, 6.07) is -0.125. The summed E-state index contributed by atoms with van der Waals surface area (Å²) >= 11 is 0. The van der Waals surface area contributed by atoms with E-state index >= 15 is 0 Å². The first kappa shape index (κ1) is 10.4. The van der Waals surface area contributed by atoms with Crippen molar-refractivity contribution in [3.8, 4) is 0 Å². The molecular weight excluding hydrogens is 140 g/mol. The van der Waals surface area contributed by atoms with Crippen LogP contribution in [0.5, 0.6) is 0 Å². The van der Waals surface area contributed by atoms with E-state index in [1.807, 2.05) is 32.7 Å². The minimum absolute atomic E-state index is 0.125. The number of hydrogen-bond acceptors (Lipinski definition) is 2. The molecule has 66 valence electrons. The second-order valence-corrected chi connectivity index (χ2v) is 3.16. The van der Waals surface area contributed by atoms with Gasteiger partial charge in [0.25, 0.3) is 0 Å². The van der Waals surface area contributed by atoms with Crippen LogP contribution in [-0.4, -0.2) is 30.4 Å². The predicted octanol–water partition coefficient (Wildman–Crippen LogP) is 0.448. The number of hydrogen-bond donors (Lipinski definition) is 1. The Balaban J connectivity index is 4.21. The van der Waals surface area contributed by atoms with Crippen molar-refractivity contribution in [1.82, 2.24) is 4.90 Å². The van der Waals surface area contributed by atoms with E-state index in [-0.39, 0.29) is 17.9 Å². The maximum absolute atomic E-state index is 10.9. The number of carbonyl (C=O) groups is 1. The van der Waals surface area contributed by atoms with Gasteiger partial charge in [-0.2, -0.15) is 0 Å². The van der Waals surface area contributed by atoms with Crippen molar-refractivity contribution < 1.29 is 4.79 Å². The first-order valence-electron chi connectivity index (χ1n) is 4.00. The number of carbonyl (C=O) groups excluding carboxylic acids is 1. The topological polar surface area (TPSA) is 46.3 Å². The van der Waals surface area contributed by atoms with E-state index in [0.29, 0.717) is 0 Å². The molecule has 0 radical (unpaired) electrons. The normalized spacial score (nSPS) is 14.0. The molecule has 0 unspecified atom stereocenters. The van der Waals surface area contributed by atoms with Crippen LogP contribution >= 0.6 is 0 Å². The minimum atomic E-state index is -0.232. The van der Waals surface area contributed by atoms with Gasteiger partial charge < -0.3 is 5.73 Å². The lowest BCUT2D eigenvalue weighted by Crippen LogP contribution is -2.45. The fourth-order valence-corrected chi connectivity index (χ4v) is 1.25. The third kappa shape index (κ3) is 2.89. The zero-order valence-corrected chi connectivity index (χ0v) is 7.79.